The van der Waals surface area contributed by atoms with Gasteiger partial charge in [0.05, 0.1) is 22.7 Å². The van der Waals surface area contributed by atoms with Crippen LogP contribution in [0.2, 0.25) is 0 Å². The molecule has 0 bridgehead atoms. The molecule has 4 aromatic rings. The molecule has 5 nitrogen and oxygen atoms in total. The van der Waals surface area contributed by atoms with Gasteiger partial charge in [0.25, 0.3) is 0 Å². The van der Waals surface area contributed by atoms with Gasteiger partial charge in [-0.15, -0.1) is 0 Å². The Bertz CT molecular complexity index is 1220. The number of fused-ring (bicyclic) bond motifs is 1. The Morgan fingerprint density at radius 2 is 1.88 bits per heavy atom. The van der Waals surface area contributed by atoms with Crippen molar-refractivity contribution in [3.63, 3.8) is 0 Å². The summed E-state index contributed by atoms with van der Waals surface area (Å²) >= 11 is 1.52. The van der Waals surface area contributed by atoms with Crippen LogP contribution < -0.4 is 11.1 Å². The number of aromatic nitrogens is 2. The van der Waals surface area contributed by atoms with Crippen molar-refractivity contribution in [2.45, 2.75) is 25.2 Å². The summed E-state index contributed by atoms with van der Waals surface area (Å²) in [7, 11) is 1.63. The fraction of sp³-hybridized carbons (Fsp3) is 0.250. The van der Waals surface area contributed by atoms with Crippen LogP contribution in [0.5, 0.6) is 0 Å². The third-order valence-electron chi connectivity index (χ3n) is 5.18. The van der Waals surface area contributed by atoms with E-state index in [1.54, 1.807) is 13.3 Å². The average Bonchev–Trinajstić information content (AvgIpc) is 3.20. The Hall–Kier alpha value is -3.01. The number of nitrogens with one attached hydrogen (secondary N) is 1. The van der Waals surface area contributed by atoms with Gasteiger partial charge in [-0.2, -0.15) is 13.2 Å². The molecule has 0 unspecified atom stereocenters. The number of alkyl halides is 3. The zero-order chi connectivity index (χ0) is 23.4. The highest BCUT2D eigenvalue weighted by Crippen LogP contribution is 2.35. The predicted molar refractivity (Wildman–Crippen MR) is 125 cm³/mol. The summed E-state index contributed by atoms with van der Waals surface area (Å²) in [5.74, 6) is 0. The van der Waals surface area contributed by atoms with E-state index in [4.69, 9.17) is 10.5 Å². The normalized spacial score (nSPS) is 12.8. The fourth-order valence-electron chi connectivity index (χ4n) is 3.54. The molecule has 0 aliphatic carbocycles. The molecular formula is C24H23F3N4OS. The van der Waals surface area contributed by atoms with E-state index in [-0.39, 0.29) is 6.04 Å². The number of halogens is 3. The van der Waals surface area contributed by atoms with Crippen LogP contribution in [-0.2, 0) is 23.9 Å². The molecule has 3 N–H and O–H groups in total. The highest BCUT2D eigenvalue weighted by molar-refractivity contribution is 7.19. The maximum absolute atomic E-state index is 12.7. The second-order valence-corrected chi connectivity index (χ2v) is 8.70. The van der Waals surface area contributed by atoms with Gasteiger partial charge in [0.1, 0.15) is 0 Å². The maximum Gasteiger partial charge on any atom is 0.416 e. The van der Waals surface area contributed by atoms with Crippen molar-refractivity contribution < 1.29 is 17.9 Å². The van der Waals surface area contributed by atoms with Gasteiger partial charge in [0.15, 0.2) is 5.13 Å². The van der Waals surface area contributed by atoms with Gasteiger partial charge in [0, 0.05) is 37.5 Å². The van der Waals surface area contributed by atoms with Crippen LogP contribution in [0.1, 0.15) is 16.8 Å². The van der Waals surface area contributed by atoms with Crippen molar-refractivity contribution in [3.05, 3.63) is 77.7 Å². The number of hydrogen-bond donors (Lipinski definition) is 2. The predicted octanol–water partition coefficient (Wildman–Crippen LogP) is 5.51. The van der Waals surface area contributed by atoms with Crippen LogP contribution >= 0.6 is 11.3 Å². The Balaban J connectivity index is 1.44. The van der Waals surface area contributed by atoms with Gasteiger partial charge in [-0.25, -0.2) is 4.98 Å². The van der Waals surface area contributed by atoms with E-state index in [9.17, 15) is 13.2 Å². The third-order valence-corrected chi connectivity index (χ3v) is 6.28. The van der Waals surface area contributed by atoms with E-state index in [1.165, 1.54) is 23.5 Å². The van der Waals surface area contributed by atoms with Crippen molar-refractivity contribution >= 4 is 27.2 Å². The van der Waals surface area contributed by atoms with Crippen molar-refractivity contribution in [1.29, 1.82) is 0 Å². The third kappa shape index (κ3) is 5.68. The summed E-state index contributed by atoms with van der Waals surface area (Å²) in [5.41, 5.74) is 8.18. The quantitative estimate of drug-likeness (QED) is 0.354. The summed E-state index contributed by atoms with van der Waals surface area (Å²) in [6.07, 6.45) is -0.299. The molecule has 0 fully saturated rings. The van der Waals surface area contributed by atoms with Gasteiger partial charge in [-0.1, -0.05) is 35.6 Å². The molecule has 0 radical (unpaired) electrons. The fourth-order valence-corrected chi connectivity index (χ4v) is 4.51. The molecule has 0 spiro atoms. The van der Waals surface area contributed by atoms with Gasteiger partial charge < -0.3 is 15.8 Å². The first-order valence-corrected chi connectivity index (χ1v) is 11.1. The van der Waals surface area contributed by atoms with Crippen LogP contribution in [0.25, 0.3) is 21.2 Å². The molecular weight excluding hydrogens is 449 g/mol. The summed E-state index contributed by atoms with van der Waals surface area (Å²) in [4.78, 5) is 9.82. The van der Waals surface area contributed by atoms with Crippen molar-refractivity contribution in [1.82, 2.24) is 9.97 Å². The van der Waals surface area contributed by atoms with Gasteiger partial charge in [-0.3, -0.25) is 4.98 Å². The molecule has 2 heterocycles. The first-order valence-electron chi connectivity index (χ1n) is 10.3. The van der Waals surface area contributed by atoms with Crippen molar-refractivity contribution in [2.24, 2.45) is 5.73 Å². The number of nitrogens with two attached hydrogens (primary N) is 1. The van der Waals surface area contributed by atoms with E-state index in [0.717, 1.165) is 49.7 Å². The summed E-state index contributed by atoms with van der Waals surface area (Å²) < 4.78 is 43.5. The minimum absolute atomic E-state index is 0.284. The van der Waals surface area contributed by atoms with Gasteiger partial charge >= 0.3 is 6.18 Å². The van der Waals surface area contributed by atoms with Crippen LogP contribution in [0, 0.1) is 0 Å². The highest BCUT2D eigenvalue weighted by atomic mass is 32.1. The SMILES string of the molecule is COCc1nc(NC[C@@H](N)Cc2ccc(C(F)(F)F)cc2)sc1-c1ccc2cnccc2c1. The Kier molecular flexibility index (Phi) is 6.92. The van der Waals surface area contributed by atoms with Crippen molar-refractivity contribution in [2.75, 3.05) is 19.0 Å². The maximum atomic E-state index is 12.7. The molecule has 33 heavy (non-hydrogen) atoms. The molecule has 0 saturated carbocycles. The average molecular weight is 473 g/mol. The van der Waals surface area contributed by atoms with E-state index in [0.29, 0.717) is 19.6 Å². The summed E-state index contributed by atoms with van der Waals surface area (Å²) in [5, 5.41) is 6.13. The smallest absolute Gasteiger partial charge is 0.378 e. The van der Waals surface area contributed by atoms with E-state index >= 15 is 0 Å². The molecule has 172 valence electrons. The van der Waals surface area contributed by atoms with Gasteiger partial charge in [-0.05, 0) is 47.2 Å². The lowest BCUT2D eigenvalue weighted by molar-refractivity contribution is -0.137. The number of anilines is 1. The zero-order valence-corrected chi connectivity index (χ0v) is 18.7. The number of pyridine rings is 1. The van der Waals surface area contributed by atoms with Crippen LogP contribution in [0.4, 0.5) is 18.3 Å². The van der Waals surface area contributed by atoms with E-state index in [1.807, 2.05) is 24.4 Å². The van der Waals surface area contributed by atoms with Crippen LogP contribution in [-0.4, -0.2) is 29.7 Å². The summed E-state index contributed by atoms with van der Waals surface area (Å²) in [6.45, 7) is 0.809. The second-order valence-electron chi connectivity index (χ2n) is 7.71. The molecule has 0 aliphatic heterocycles. The first kappa shape index (κ1) is 23.2. The Morgan fingerprint density at radius 1 is 1.09 bits per heavy atom. The molecule has 2 aromatic heterocycles. The topological polar surface area (TPSA) is 73.1 Å². The lowest BCUT2D eigenvalue weighted by Gasteiger charge is -2.13. The Labute approximate surface area is 193 Å². The Morgan fingerprint density at radius 3 is 2.61 bits per heavy atom. The number of thiazole rings is 1. The number of nitrogens with zero attached hydrogens (tertiary/aromatic N) is 2. The zero-order valence-electron chi connectivity index (χ0n) is 17.9. The molecule has 1 atom stereocenters. The number of rotatable bonds is 8. The number of benzene rings is 2. The molecule has 0 amide bonds. The molecule has 4 rings (SSSR count). The number of methoxy groups -OCH3 is 1. The van der Waals surface area contributed by atoms with Gasteiger partial charge in [0.2, 0.25) is 0 Å². The molecule has 9 heteroatoms. The van der Waals surface area contributed by atoms with E-state index in [2.05, 4.69) is 21.4 Å². The minimum Gasteiger partial charge on any atom is -0.378 e. The molecule has 0 saturated heterocycles. The number of hydrogen-bond acceptors (Lipinski definition) is 6. The molecule has 0 aliphatic rings. The van der Waals surface area contributed by atoms with Crippen LogP contribution in [0.15, 0.2) is 60.9 Å². The molecule has 2 aromatic carbocycles. The monoisotopic (exact) mass is 472 g/mol. The first-order chi connectivity index (χ1) is 15.8. The largest absolute Gasteiger partial charge is 0.416 e. The lowest BCUT2D eigenvalue weighted by Crippen LogP contribution is -2.31. The van der Waals surface area contributed by atoms with E-state index < -0.39 is 11.7 Å². The second kappa shape index (κ2) is 9.86. The standard InChI is InChI=1S/C24H23F3N4OS/c1-32-14-21-22(17-4-5-18-12-29-9-8-16(18)11-17)33-23(31-21)30-13-20(28)10-15-2-6-19(7-3-15)24(25,26)27/h2-9,11-12,20H,10,13-14,28H2,1H3,(H,30,31)/t20-/m0/s1. The lowest BCUT2D eigenvalue weighted by atomic mass is 10.0. The van der Waals surface area contributed by atoms with Crippen molar-refractivity contribution in [3.8, 4) is 10.4 Å². The van der Waals surface area contributed by atoms with Crippen LogP contribution in [0.3, 0.4) is 0 Å². The summed E-state index contributed by atoms with van der Waals surface area (Å²) in [6, 6.07) is 13.0. The number of ether oxygens (including phenoxy) is 1. The highest BCUT2D eigenvalue weighted by Gasteiger charge is 2.30. The minimum atomic E-state index is -4.34.